The molecule has 1 aliphatic rings. The van der Waals surface area contributed by atoms with Crippen molar-refractivity contribution < 1.29 is 14.7 Å². The van der Waals surface area contributed by atoms with Crippen molar-refractivity contribution in [2.45, 2.75) is 77.0 Å². The van der Waals surface area contributed by atoms with Crippen LogP contribution in [0.4, 0.5) is 9.93 Å². The van der Waals surface area contributed by atoms with E-state index in [-0.39, 0.29) is 17.8 Å². The average Bonchev–Trinajstić information content (AvgIpc) is 3.07. The Balaban J connectivity index is 2.00. The number of urea groups is 1. The Bertz CT molecular complexity index is 677. The first kappa shape index (κ1) is 24.0. The summed E-state index contributed by atoms with van der Waals surface area (Å²) < 4.78 is 0.794. The van der Waals surface area contributed by atoms with E-state index in [0.717, 1.165) is 42.9 Å². The van der Waals surface area contributed by atoms with Crippen LogP contribution in [0.1, 0.15) is 66.7 Å². The topological polar surface area (TPSA) is 82.5 Å². The minimum Gasteiger partial charge on any atom is -0.481 e. The molecule has 164 valence electrons. The minimum absolute atomic E-state index is 0.00683. The Kier molecular flexibility index (Phi) is 8.82. The number of carboxylic acid groups (broad SMARTS) is 1. The van der Waals surface area contributed by atoms with Crippen LogP contribution in [-0.2, 0) is 4.79 Å². The summed E-state index contributed by atoms with van der Waals surface area (Å²) in [4.78, 5) is 30.0. The van der Waals surface area contributed by atoms with Crippen molar-refractivity contribution in [1.29, 1.82) is 0 Å². The van der Waals surface area contributed by atoms with Crippen LogP contribution < -0.4 is 5.32 Å². The molecular formula is C21H35N3O3S2. The third kappa shape index (κ3) is 7.81. The number of nitrogens with zero attached hydrogens (tertiary/aromatic N) is 2. The first-order chi connectivity index (χ1) is 13.6. The number of thiazole rings is 1. The molecule has 2 amide bonds. The molecule has 1 saturated carbocycles. The standard InChI is InChI=1S/C21H35N3O3S2/c1-14(2)10-11-24(16-8-6-15(7-9-16)21(3,4)5)20(27)23-19-22-12-18(29-19)28-13-17(25)26/h12,14-16H,6-11,13H2,1-5H3,(H,25,26)(H,22,23,27)/t15-,16-. The Morgan fingerprint density at radius 3 is 2.52 bits per heavy atom. The lowest BCUT2D eigenvalue weighted by atomic mass is 9.71. The fraction of sp³-hybridized carbons (Fsp3) is 0.762. The zero-order chi connectivity index (χ0) is 21.6. The Morgan fingerprint density at radius 2 is 1.97 bits per heavy atom. The maximum absolute atomic E-state index is 13.1. The number of amides is 2. The molecule has 1 aromatic rings. The van der Waals surface area contributed by atoms with E-state index in [0.29, 0.717) is 22.4 Å². The van der Waals surface area contributed by atoms with Crippen molar-refractivity contribution in [3.63, 3.8) is 0 Å². The molecule has 2 rings (SSSR count). The van der Waals surface area contributed by atoms with Gasteiger partial charge >= 0.3 is 12.0 Å². The number of nitrogens with one attached hydrogen (secondary N) is 1. The summed E-state index contributed by atoms with van der Waals surface area (Å²) in [6.07, 6.45) is 7.01. The zero-order valence-electron chi connectivity index (χ0n) is 18.2. The van der Waals surface area contributed by atoms with E-state index in [2.05, 4.69) is 44.9 Å². The Hall–Kier alpha value is -1.28. The van der Waals surface area contributed by atoms with Gasteiger partial charge in [0.05, 0.1) is 16.2 Å². The predicted molar refractivity (Wildman–Crippen MR) is 121 cm³/mol. The lowest BCUT2D eigenvalue weighted by Crippen LogP contribution is -2.46. The van der Waals surface area contributed by atoms with Crippen molar-refractivity contribution in [3.8, 4) is 0 Å². The molecule has 0 unspecified atom stereocenters. The van der Waals surface area contributed by atoms with E-state index >= 15 is 0 Å². The monoisotopic (exact) mass is 441 g/mol. The predicted octanol–water partition coefficient (Wildman–Crippen LogP) is 5.80. The molecule has 1 aromatic heterocycles. The van der Waals surface area contributed by atoms with E-state index in [1.165, 1.54) is 23.1 Å². The molecule has 1 aliphatic carbocycles. The van der Waals surface area contributed by atoms with Crippen molar-refractivity contribution in [2.75, 3.05) is 17.6 Å². The fourth-order valence-electron chi connectivity index (χ4n) is 3.78. The number of carbonyl (C=O) groups excluding carboxylic acids is 1. The van der Waals surface area contributed by atoms with E-state index in [1.54, 1.807) is 6.20 Å². The fourth-order valence-corrected chi connectivity index (χ4v) is 5.36. The first-order valence-corrected chi connectivity index (χ1v) is 12.2. The van der Waals surface area contributed by atoms with Gasteiger partial charge in [0.25, 0.3) is 0 Å². The van der Waals surface area contributed by atoms with Gasteiger partial charge in [-0.05, 0) is 49.4 Å². The lowest BCUT2D eigenvalue weighted by Gasteiger charge is -2.41. The van der Waals surface area contributed by atoms with Crippen LogP contribution in [0.25, 0.3) is 0 Å². The number of aromatic nitrogens is 1. The maximum atomic E-state index is 13.1. The number of rotatable bonds is 8. The average molecular weight is 442 g/mol. The van der Waals surface area contributed by atoms with Crippen LogP contribution in [0.2, 0.25) is 0 Å². The van der Waals surface area contributed by atoms with Gasteiger partial charge in [0.15, 0.2) is 5.13 Å². The summed E-state index contributed by atoms with van der Waals surface area (Å²) in [7, 11) is 0. The van der Waals surface area contributed by atoms with Crippen LogP contribution in [-0.4, -0.2) is 45.3 Å². The molecule has 0 aliphatic heterocycles. The van der Waals surface area contributed by atoms with Gasteiger partial charge < -0.3 is 10.0 Å². The quantitative estimate of drug-likeness (QED) is 0.498. The van der Waals surface area contributed by atoms with Gasteiger partial charge in [0.2, 0.25) is 0 Å². The Labute approximate surface area is 182 Å². The molecule has 0 aromatic carbocycles. The highest BCUT2D eigenvalue weighted by Gasteiger charge is 2.33. The number of carbonyl (C=O) groups is 2. The lowest BCUT2D eigenvalue weighted by molar-refractivity contribution is -0.133. The van der Waals surface area contributed by atoms with Crippen LogP contribution >= 0.6 is 23.1 Å². The van der Waals surface area contributed by atoms with E-state index in [4.69, 9.17) is 5.11 Å². The summed E-state index contributed by atoms with van der Waals surface area (Å²) in [5.41, 5.74) is 0.320. The number of hydrogen-bond acceptors (Lipinski definition) is 5. The van der Waals surface area contributed by atoms with Crippen molar-refractivity contribution in [2.24, 2.45) is 17.3 Å². The van der Waals surface area contributed by atoms with Crippen LogP contribution in [0, 0.1) is 17.3 Å². The number of aliphatic carboxylic acids is 1. The largest absolute Gasteiger partial charge is 0.481 e. The van der Waals surface area contributed by atoms with Gasteiger partial charge in [-0.2, -0.15) is 0 Å². The molecule has 0 bridgehead atoms. The van der Waals surface area contributed by atoms with Gasteiger partial charge in [0.1, 0.15) is 0 Å². The second-order valence-electron chi connectivity index (χ2n) is 9.34. The van der Waals surface area contributed by atoms with Crippen molar-refractivity contribution in [3.05, 3.63) is 6.20 Å². The molecule has 2 N–H and O–H groups in total. The van der Waals surface area contributed by atoms with Crippen molar-refractivity contribution in [1.82, 2.24) is 9.88 Å². The summed E-state index contributed by atoms with van der Waals surface area (Å²) in [5.74, 6) is 0.379. The third-order valence-corrected chi connectivity index (χ3v) is 7.70. The molecule has 0 radical (unpaired) electrons. The summed E-state index contributed by atoms with van der Waals surface area (Å²) in [5, 5.41) is 12.3. The van der Waals surface area contributed by atoms with Crippen LogP contribution in [0.3, 0.4) is 0 Å². The molecule has 1 heterocycles. The van der Waals surface area contributed by atoms with Crippen LogP contribution in [0.5, 0.6) is 0 Å². The molecule has 29 heavy (non-hydrogen) atoms. The van der Waals surface area contributed by atoms with E-state index in [1.807, 2.05) is 4.90 Å². The molecular weight excluding hydrogens is 406 g/mol. The highest BCUT2D eigenvalue weighted by molar-refractivity contribution is 8.01. The molecule has 0 saturated heterocycles. The summed E-state index contributed by atoms with van der Waals surface area (Å²) >= 11 is 2.55. The second-order valence-corrected chi connectivity index (χ2v) is 11.7. The molecule has 8 heteroatoms. The van der Waals surface area contributed by atoms with Gasteiger partial charge in [-0.25, -0.2) is 9.78 Å². The van der Waals surface area contributed by atoms with E-state index in [9.17, 15) is 9.59 Å². The summed E-state index contributed by atoms with van der Waals surface area (Å²) in [6, 6.07) is 0.183. The normalized spacial score (nSPS) is 19.9. The Morgan fingerprint density at radius 1 is 1.31 bits per heavy atom. The van der Waals surface area contributed by atoms with Crippen molar-refractivity contribution >= 4 is 40.2 Å². The SMILES string of the molecule is CC(C)CCN(C(=O)Nc1ncc(SCC(=O)O)s1)[C@H]1CC[C@H](C(C)(C)C)CC1. The summed E-state index contributed by atoms with van der Waals surface area (Å²) in [6.45, 7) is 12.0. The smallest absolute Gasteiger partial charge is 0.323 e. The number of hydrogen-bond donors (Lipinski definition) is 2. The first-order valence-electron chi connectivity index (χ1n) is 10.4. The molecule has 6 nitrogen and oxygen atoms in total. The van der Waals surface area contributed by atoms with Gasteiger partial charge in [-0.3, -0.25) is 10.1 Å². The number of thioether (sulfide) groups is 1. The number of anilines is 1. The molecule has 0 spiro atoms. The zero-order valence-corrected chi connectivity index (χ0v) is 19.9. The highest BCUT2D eigenvalue weighted by atomic mass is 32.2. The van der Waals surface area contributed by atoms with Crippen LogP contribution in [0.15, 0.2) is 10.4 Å². The molecule has 0 atom stereocenters. The minimum atomic E-state index is -0.861. The van der Waals surface area contributed by atoms with Gasteiger partial charge in [0, 0.05) is 12.6 Å². The third-order valence-electron chi connectivity index (χ3n) is 5.61. The second kappa shape index (κ2) is 10.7. The highest BCUT2D eigenvalue weighted by Crippen LogP contribution is 2.39. The van der Waals surface area contributed by atoms with Gasteiger partial charge in [-0.1, -0.05) is 46.0 Å². The number of carboxylic acids is 1. The maximum Gasteiger partial charge on any atom is 0.323 e. The van der Waals surface area contributed by atoms with Gasteiger partial charge in [-0.15, -0.1) is 11.8 Å². The molecule has 1 fully saturated rings. The van der Waals surface area contributed by atoms with E-state index < -0.39 is 5.97 Å².